The Morgan fingerprint density at radius 1 is 1.21 bits per heavy atom. The van der Waals surface area contributed by atoms with Crippen LogP contribution in [0.1, 0.15) is 5.56 Å². The minimum atomic E-state index is -0.0535. The van der Waals surface area contributed by atoms with Crippen molar-refractivity contribution in [1.82, 2.24) is 25.1 Å². The number of hydrogen-bond donors (Lipinski definition) is 1. The van der Waals surface area contributed by atoms with Crippen molar-refractivity contribution in [1.29, 1.82) is 0 Å². The van der Waals surface area contributed by atoms with Crippen LogP contribution in [0.25, 0.3) is 17.1 Å². The first-order valence-electron chi connectivity index (χ1n) is 7.46. The summed E-state index contributed by atoms with van der Waals surface area (Å²) in [6, 6.07) is 11.8. The standard InChI is InChI=1S/C17H17N5OS/c1-12-6-3-4-8-14(12)22-16(13-7-5-9-19-10-13)20-21-17(22)24-11-15(23)18-2/h3-10H,11H2,1-2H3,(H,18,23). The fourth-order valence-corrected chi connectivity index (χ4v) is 3.10. The Labute approximate surface area is 144 Å². The van der Waals surface area contributed by atoms with Gasteiger partial charge in [0.2, 0.25) is 5.91 Å². The van der Waals surface area contributed by atoms with Crippen LogP contribution in [-0.2, 0) is 4.79 Å². The molecule has 0 aliphatic rings. The van der Waals surface area contributed by atoms with Crippen LogP contribution in [0.15, 0.2) is 53.9 Å². The largest absolute Gasteiger partial charge is 0.358 e. The summed E-state index contributed by atoms with van der Waals surface area (Å²) in [6.45, 7) is 2.04. The predicted octanol–water partition coefficient (Wildman–Crippen LogP) is 2.48. The molecule has 0 unspecified atom stereocenters. The van der Waals surface area contributed by atoms with Crippen LogP contribution in [0.3, 0.4) is 0 Å². The lowest BCUT2D eigenvalue weighted by Gasteiger charge is -2.12. The molecule has 0 spiro atoms. The van der Waals surface area contributed by atoms with Crippen molar-refractivity contribution in [2.24, 2.45) is 0 Å². The van der Waals surface area contributed by atoms with Gasteiger partial charge in [-0.1, -0.05) is 30.0 Å². The molecule has 0 bridgehead atoms. The van der Waals surface area contributed by atoms with Crippen molar-refractivity contribution >= 4 is 17.7 Å². The average molecular weight is 339 g/mol. The minimum absolute atomic E-state index is 0.0535. The van der Waals surface area contributed by atoms with Gasteiger partial charge in [-0.3, -0.25) is 14.3 Å². The summed E-state index contributed by atoms with van der Waals surface area (Å²) >= 11 is 1.36. The first-order chi connectivity index (χ1) is 11.7. The number of aromatic nitrogens is 4. The molecule has 1 aromatic carbocycles. The molecular weight excluding hydrogens is 322 g/mol. The van der Waals surface area contributed by atoms with Gasteiger partial charge >= 0.3 is 0 Å². The van der Waals surface area contributed by atoms with Gasteiger partial charge in [0, 0.05) is 25.0 Å². The number of amides is 1. The monoisotopic (exact) mass is 339 g/mol. The zero-order valence-electron chi connectivity index (χ0n) is 13.4. The molecule has 3 aromatic rings. The molecule has 2 aromatic heterocycles. The summed E-state index contributed by atoms with van der Waals surface area (Å²) in [7, 11) is 1.62. The number of rotatable bonds is 5. The highest BCUT2D eigenvalue weighted by atomic mass is 32.2. The van der Waals surface area contributed by atoms with Crippen LogP contribution in [0.2, 0.25) is 0 Å². The Morgan fingerprint density at radius 2 is 2.04 bits per heavy atom. The molecule has 7 heteroatoms. The van der Waals surface area contributed by atoms with Gasteiger partial charge in [-0.05, 0) is 30.7 Å². The van der Waals surface area contributed by atoms with Crippen molar-refractivity contribution in [3.05, 3.63) is 54.4 Å². The van der Waals surface area contributed by atoms with Gasteiger partial charge < -0.3 is 5.32 Å². The highest BCUT2D eigenvalue weighted by Crippen LogP contribution is 2.28. The van der Waals surface area contributed by atoms with E-state index in [1.54, 1.807) is 19.4 Å². The second-order valence-corrected chi connectivity index (χ2v) is 6.07. The lowest BCUT2D eigenvalue weighted by Crippen LogP contribution is -2.20. The molecule has 0 radical (unpaired) electrons. The number of pyridine rings is 1. The first kappa shape index (κ1) is 16.2. The number of nitrogens with zero attached hydrogens (tertiary/aromatic N) is 4. The molecule has 6 nitrogen and oxygen atoms in total. The fraction of sp³-hybridized carbons (Fsp3) is 0.176. The molecule has 0 atom stereocenters. The molecule has 0 fully saturated rings. The fourth-order valence-electron chi connectivity index (χ4n) is 2.28. The number of carbonyl (C=O) groups is 1. The molecule has 0 aliphatic carbocycles. The second kappa shape index (κ2) is 7.27. The molecule has 2 heterocycles. The lowest BCUT2D eigenvalue weighted by atomic mass is 10.2. The van der Waals surface area contributed by atoms with Crippen LogP contribution in [-0.4, -0.2) is 38.5 Å². The Morgan fingerprint density at radius 3 is 2.75 bits per heavy atom. The second-order valence-electron chi connectivity index (χ2n) is 5.13. The predicted molar refractivity (Wildman–Crippen MR) is 94.1 cm³/mol. The van der Waals surface area contributed by atoms with Crippen molar-refractivity contribution < 1.29 is 4.79 Å². The third kappa shape index (κ3) is 3.30. The van der Waals surface area contributed by atoms with Crippen LogP contribution in [0.4, 0.5) is 0 Å². The van der Waals surface area contributed by atoms with E-state index < -0.39 is 0 Å². The zero-order valence-corrected chi connectivity index (χ0v) is 14.2. The van der Waals surface area contributed by atoms with Gasteiger partial charge in [0.1, 0.15) is 0 Å². The molecule has 0 aliphatic heterocycles. The minimum Gasteiger partial charge on any atom is -0.358 e. The Bertz CT molecular complexity index is 847. The van der Waals surface area contributed by atoms with Gasteiger partial charge in [0.15, 0.2) is 11.0 Å². The third-order valence-electron chi connectivity index (χ3n) is 3.52. The number of para-hydroxylation sites is 1. The van der Waals surface area contributed by atoms with Crippen molar-refractivity contribution in [3.8, 4) is 17.1 Å². The molecule has 0 saturated heterocycles. The van der Waals surface area contributed by atoms with E-state index >= 15 is 0 Å². The summed E-state index contributed by atoms with van der Waals surface area (Å²) in [5.41, 5.74) is 2.96. The maximum atomic E-state index is 11.6. The molecule has 1 amide bonds. The molecule has 24 heavy (non-hydrogen) atoms. The summed E-state index contributed by atoms with van der Waals surface area (Å²) in [4.78, 5) is 15.7. The molecule has 1 N–H and O–H groups in total. The van der Waals surface area contributed by atoms with Crippen molar-refractivity contribution in [3.63, 3.8) is 0 Å². The van der Waals surface area contributed by atoms with Gasteiger partial charge in [0.25, 0.3) is 0 Å². The normalized spacial score (nSPS) is 10.6. The van der Waals surface area contributed by atoms with Gasteiger partial charge in [-0.15, -0.1) is 10.2 Å². The summed E-state index contributed by atoms with van der Waals surface area (Å²) in [6.07, 6.45) is 3.48. The lowest BCUT2D eigenvalue weighted by molar-refractivity contribution is -0.118. The number of benzene rings is 1. The van der Waals surface area contributed by atoms with Gasteiger partial charge in [-0.25, -0.2) is 0 Å². The molecule has 122 valence electrons. The third-order valence-corrected chi connectivity index (χ3v) is 4.45. The van der Waals surface area contributed by atoms with Crippen LogP contribution in [0.5, 0.6) is 0 Å². The summed E-state index contributed by atoms with van der Waals surface area (Å²) < 4.78 is 1.97. The summed E-state index contributed by atoms with van der Waals surface area (Å²) in [5.74, 6) is 0.937. The topological polar surface area (TPSA) is 72.7 Å². The van der Waals surface area contributed by atoms with E-state index in [2.05, 4.69) is 20.5 Å². The number of hydrogen-bond acceptors (Lipinski definition) is 5. The zero-order chi connectivity index (χ0) is 16.9. The van der Waals surface area contributed by atoms with E-state index in [1.165, 1.54) is 11.8 Å². The Hall–Kier alpha value is -2.67. The highest BCUT2D eigenvalue weighted by Gasteiger charge is 2.18. The number of nitrogens with one attached hydrogen (secondary N) is 1. The smallest absolute Gasteiger partial charge is 0.230 e. The molecule has 3 rings (SSSR count). The molecule has 0 saturated carbocycles. The van der Waals surface area contributed by atoms with Gasteiger partial charge in [-0.2, -0.15) is 0 Å². The maximum absolute atomic E-state index is 11.6. The highest BCUT2D eigenvalue weighted by molar-refractivity contribution is 7.99. The van der Waals surface area contributed by atoms with Crippen LogP contribution in [0, 0.1) is 6.92 Å². The van der Waals surface area contributed by atoms with E-state index in [9.17, 15) is 4.79 Å². The van der Waals surface area contributed by atoms with Crippen LogP contribution >= 0.6 is 11.8 Å². The number of thioether (sulfide) groups is 1. The van der Waals surface area contributed by atoms with E-state index in [0.29, 0.717) is 11.0 Å². The van der Waals surface area contributed by atoms with E-state index in [0.717, 1.165) is 16.8 Å². The van der Waals surface area contributed by atoms with E-state index in [-0.39, 0.29) is 11.7 Å². The van der Waals surface area contributed by atoms with E-state index in [4.69, 9.17) is 0 Å². The average Bonchev–Trinajstić information content (AvgIpc) is 3.04. The van der Waals surface area contributed by atoms with Crippen LogP contribution < -0.4 is 5.32 Å². The maximum Gasteiger partial charge on any atom is 0.230 e. The number of aryl methyl sites for hydroxylation is 1. The number of carbonyl (C=O) groups excluding carboxylic acids is 1. The van der Waals surface area contributed by atoms with Crippen molar-refractivity contribution in [2.45, 2.75) is 12.1 Å². The Balaban J connectivity index is 2.09. The van der Waals surface area contributed by atoms with E-state index in [1.807, 2.05) is 47.9 Å². The quantitative estimate of drug-likeness (QED) is 0.723. The Kier molecular flexibility index (Phi) is 4.90. The van der Waals surface area contributed by atoms with Crippen molar-refractivity contribution in [2.75, 3.05) is 12.8 Å². The molecular formula is C17H17N5OS. The first-order valence-corrected chi connectivity index (χ1v) is 8.44. The SMILES string of the molecule is CNC(=O)CSc1nnc(-c2cccnc2)n1-c1ccccc1C. The van der Waals surface area contributed by atoms with Gasteiger partial charge in [0.05, 0.1) is 11.4 Å². The summed E-state index contributed by atoms with van der Waals surface area (Å²) in [5, 5.41) is 11.9.